The van der Waals surface area contributed by atoms with Gasteiger partial charge < -0.3 is 10.6 Å². The van der Waals surface area contributed by atoms with Gasteiger partial charge in [0.05, 0.1) is 11.1 Å². The van der Waals surface area contributed by atoms with Crippen LogP contribution in [-0.4, -0.2) is 52.6 Å². The minimum absolute atomic E-state index is 0.299. The molecule has 2 heterocycles. The average molecular weight is 301 g/mol. The summed E-state index contributed by atoms with van der Waals surface area (Å²) in [4.78, 5) is 50.4. The SMILES string of the molecule is NC(=O)[C@@H]1CCCN1C(=O)CN1C(=O)c2ccccc2C1=O. The van der Waals surface area contributed by atoms with E-state index in [4.69, 9.17) is 5.73 Å². The molecule has 2 aliphatic rings. The highest BCUT2D eigenvalue weighted by Crippen LogP contribution is 2.23. The van der Waals surface area contributed by atoms with Crippen molar-refractivity contribution in [3.05, 3.63) is 35.4 Å². The molecule has 0 unspecified atom stereocenters. The Kier molecular flexibility index (Phi) is 3.40. The monoisotopic (exact) mass is 301 g/mol. The Bertz CT molecular complexity index is 650. The summed E-state index contributed by atoms with van der Waals surface area (Å²) >= 11 is 0. The van der Waals surface area contributed by atoms with Crippen LogP contribution in [0.5, 0.6) is 0 Å². The molecule has 0 aliphatic carbocycles. The molecule has 7 nitrogen and oxygen atoms in total. The third-order valence-corrected chi connectivity index (χ3v) is 4.07. The number of primary amides is 1. The number of hydrogen-bond acceptors (Lipinski definition) is 4. The number of fused-ring (bicyclic) bond motifs is 1. The van der Waals surface area contributed by atoms with Crippen molar-refractivity contribution < 1.29 is 19.2 Å². The number of hydrogen-bond donors (Lipinski definition) is 1. The van der Waals surface area contributed by atoms with Gasteiger partial charge in [-0.2, -0.15) is 0 Å². The Morgan fingerprint density at radius 1 is 1.14 bits per heavy atom. The molecule has 0 spiro atoms. The summed E-state index contributed by atoms with van der Waals surface area (Å²) in [6.07, 6.45) is 1.20. The Hall–Kier alpha value is -2.70. The van der Waals surface area contributed by atoms with Gasteiger partial charge >= 0.3 is 0 Å². The third-order valence-electron chi connectivity index (χ3n) is 4.07. The molecule has 0 saturated carbocycles. The Balaban J connectivity index is 1.77. The highest BCUT2D eigenvalue weighted by atomic mass is 16.2. The molecule has 4 amide bonds. The first kappa shape index (κ1) is 14.2. The molecule has 22 heavy (non-hydrogen) atoms. The van der Waals surface area contributed by atoms with Crippen LogP contribution in [0.15, 0.2) is 24.3 Å². The maximum atomic E-state index is 12.3. The van der Waals surface area contributed by atoms with Crippen LogP contribution in [0.25, 0.3) is 0 Å². The van der Waals surface area contributed by atoms with Crippen molar-refractivity contribution in [2.24, 2.45) is 5.73 Å². The first-order valence-corrected chi connectivity index (χ1v) is 7.04. The van der Waals surface area contributed by atoms with Crippen molar-refractivity contribution >= 4 is 23.6 Å². The predicted molar refractivity (Wildman–Crippen MR) is 75.7 cm³/mol. The van der Waals surface area contributed by atoms with Crippen LogP contribution in [0, 0.1) is 0 Å². The fourth-order valence-corrected chi connectivity index (χ4v) is 2.97. The lowest BCUT2D eigenvalue weighted by Gasteiger charge is -2.24. The van der Waals surface area contributed by atoms with Crippen LogP contribution >= 0.6 is 0 Å². The van der Waals surface area contributed by atoms with Crippen LogP contribution in [-0.2, 0) is 9.59 Å². The standard InChI is InChI=1S/C15H15N3O4/c16-13(20)11-6-3-7-17(11)12(19)8-18-14(21)9-4-1-2-5-10(9)15(18)22/h1-2,4-5,11H,3,6-8H2,(H2,16,20)/t11-/m0/s1. The van der Waals surface area contributed by atoms with E-state index in [1.807, 2.05) is 0 Å². The van der Waals surface area contributed by atoms with Crippen LogP contribution in [0.1, 0.15) is 33.6 Å². The van der Waals surface area contributed by atoms with Gasteiger partial charge in [-0.05, 0) is 25.0 Å². The number of carbonyl (C=O) groups excluding carboxylic acids is 4. The highest BCUT2D eigenvalue weighted by Gasteiger charge is 2.39. The van der Waals surface area contributed by atoms with Crippen LogP contribution in [0.2, 0.25) is 0 Å². The summed E-state index contributed by atoms with van der Waals surface area (Å²) in [7, 11) is 0. The minimum atomic E-state index is -0.650. The lowest BCUT2D eigenvalue weighted by molar-refractivity contribution is -0.137. The second kappa shape index (κ2) is 5.25. The van der Waals surface area contributed by atoms with Crippen molar-refractivity contribution in [2.45, 2.75) is 18.9 Å². The lowest BCUT2D eigenvalue weighted by Crippen LogP contribution is -2.48. The van der Waals surface area contributed by atoms with Crippen molar-refractivity contribution in [1.29, 1.82) is 0 Å². The van der Waals surface area contributed by atoms with Gasteiger partial charge in [0.2, 0.25) is 11.8 Å². The van der Waals surface area contributed by atoms with Gasteiger partial charge in [0.1, 0.15) is 12.6 Å². The first-order chi connectivity index (χ1) is 10.5. The van der Waals surface area contributed by atoms with E-state index >= 15 is 0 Å². The van der Waals surface area contributed by atoms with Crippen LogP contribution < -0.4 is 5.73 Å². The van der Waals surface area contributed by atoms with Gasteiger partial charge in [0.15, 0.2) is 0 Å². The number of rotatable bonds is 3. The summed E-state index contributed by atoms with van der Waals surface area (Å²) in [6.45, 7) is 0.0474. The number of amides is 4. The van der Waals surface area contributed by atoms with Gasteiger partial charge in [0.25, 0.3) is 11.8 Å². The lowest BCUT2D eigenvalue weighted by atomic mass is 10.1. The quantitative estimate of drug-likeness (QED) is 0.778. The van der Waals surface area contributed by atoms with E-state index in [2.05, 4.69) is 0 Å². The van der Waals surface area contributed by atoms with Crippen LogP contribution in [0.3, 0.4) is 0 Å². The molecule has 1 aromatic carbocycles. The minimum Gasteiger partial charge on any atom is -0.368 e. The molecule has 0 aromatic heterocycles. The molecule has 3 rings (SSSR count). The second-order valence-electron chi connectivity index (χ2n) is 5.39. The zero-order valence-corrected chi connectivity index (χ0v) is 11.8. The predicted octanol–water partition coefficient (Wildman–Crippen LogP) is -0.241. The summed E-state index contributed by atoms with van der Waals surface area (Å²) in [5, 5.41) is 0. The molecule has 0 bridgehead atoms. The number of likely N-dealkylation sites (tertiary alicyclic amines) is 1. The van der Waals surface area contributed by atoms with Gasteiger partial charge in [-0.25, -0.2) is 0 Å². The van der Waals surface area contributed by atoms with E-state index in [1.54, 1.807) is 24.3 Å². The summed E-state index contributed by atoms with van der Waals surface area (Å²) < 4.78 is 0. The van der Waals surface area contributed by atoms with E-state index in [9.17, 15) is 19.2 Å². The molecule has 114 valence electrons. The molecular weight excluding hydrogens is 286 g/mol. The van der Waals surface area contributed by atoms with E-state index in [0.29, 0.717) is 30.5 Å². The average Bonchev–Trinajstić information content (AvgIpc) is 3.08. The van der Waals surface area contributed by atoms with E-state index in [-0.39, 0.29) is 6.54 Å². The Labute approximate surface area is 126 Å². The molecule has 7 heteroatoms. The smallest absolute Gasteiger partial charge is 0.262 e. The summed E-state index contributed by atoms with van der Waals surface area (Å²) in [5.74, 6) is -1.96. The van der Waals surface area contributed by atoms with Crippen molar-refractivity contribution in [3.63, 3.8) is 0 Å². The fourth-order valence-electron chi connectivity index (χ4n) is 2.97. The topological polar surface area (TPSA) is 101 Å². The van der Waals surface area contributed by atoms with Crippen molar-refractivity contribution in [3.8, 4) is 0 Å². The zero-order valence-electron chi connectivity index (χ0n) is 11.8. The first-order valence-electron chi connectivity index (χ1n) is 7.04. The number of nitrogens with zero attached hydrogens (tertiary/aromatic N) is 2. The van der Waals surface area contributed by atoms with Crippen molar-refractivity contribution in [1.82, 2.24) is 9.80 Å². The number of benzene rings is 1. The Morgan fingerprint density at radius 2 is 1.73 bits per heavy atom. The molecule has 1 aromatic rings. The molecule has 2 aliphatic heterocycles. The summed E-state index contributed by atoms with van der Waals surface area (Å²) in [6, 6.07) is 5.80. The third kappa shape index (κ3) is 2.14. The molecule has 1 saturated heterocycles. The fraction of sp³-hybridized carbons (Fsp3) is 0.333. The maximum absolute atomic E-state index is 12.3. The second-order valence-corrected chi connectivity index (χ2v) is 5.39. The number of imide groups is 1. The van der Waals surface area contributed by atoms with E-state index < -0.39 is 29.7 Å². The normalized spacial score (nSPS) is 20.5. The van der Waals surface area contributed by atoms with Crippen LogP contribution in [0.4, 0.5) is 0 Å². The summed E-state index contributed by atoms with van der Waals surface area (Å²) in [5.41, 5.74) is 5.88. The van der Waals surface area contributed by atoms with E-state index in [0.717, 1.165) is 4.90 Å². The molecular formula is C15H15N3O4. The molecule has 2 N–H and O–H groups in total. The van der Waals surface area contributed by atoms with Gasteiger partial charge in [-0.3, -0.25) is 24.1 Å². The zero-order chi connectivity index (χ0) is 15.9. The van der Waals surface area contributed by atoms with Gasteiger partial charge in [0, 0.05) is 6.54 Å². The van der Waals surface area contributed by atoms with Gasteiger partial charge in [-0.15, -0.1) is 0 Å². The maximum Gasteiger partial charge on any atom is 0.262 e. The molecule has 1 fully saturated rings. The van der Waals surface area contributed by atoms with Gasteiger partial charge in [-0.1, -0.05) is 12.1 Å². The number of carbonyl (C=O) groups is 4. The Morgan fingerprint density at radius 3 is 2.27 bits per heavy atom. The molecule has 1 atom stereocenters. The highest BCUT2D eigenvalue weighted by molar-refractivity contribution is 6.22. The number of nitrogens with two attached hydrogens (primary N) is 1. The molecule has 0 radical (unpaired) electrons. The van der Waals surface area contributed by atoms with E-state index in [1.165, 1.54) is 4.90 Å². The largest absolute Gasteiger partial charge is 0.368 e. The van der Waals surface area contributed by atoms with Crippen molar-refractivity contribution in [2.75, 3.05) is 13.1 Å².